The van der Waals surface area contributed by atoms with E-state index < -0.39 is 0 Å². The lowest BCUT2D eigenvalue weighted by molar-refractivity contribution is 0.298. The number of nitrogens with zero attached hydrogens (tertiary/aromatic N) is 8. The van der Waals surface area contributed by atoms with Gasteiger partial charge in [-0.25, -0.2) is 0 Å². The third-order valence-corrected chi connectivity index (χ3v) is 7.45. The van der Waals surface area contributed by atoms with Crippen LogP contribution in [-0.4, -0.2) is 126 Å². The number of hydrogen-bond donors (Lipinski definition) is 0. The molecule has 0 saturated carbocycles. The van der Waals surface area contributed by atoms with Gasteiger partial charge < -0.3 is 0 Å². The van der Waals surface area contributed by atoms with Crippen molar-refractivity contribution in [2.75, 3.05) is 78.5 Å². The highest BCUT2D eigenvalue weighted by Gasteiger charge is 2.05. The smallest absolute Gasteiger partial charge is 0.0517 e. The van der Waals surface area contributed by atoms with Crippen LogP contribution in [0.25, 0.3) is 0 Å². The zero-order chi connectivity index (χ0) is 30.1. The highest BCUT2D eigenvalue weighted by atomic mass is 15.2. The summed E-state index contributed by atoms with van der Waals surface area (Å²) in [5, 5.41) is 0. The topological polar surface area (TPSA) is 80.6 Å². The molecule has 0 aliphatic carbocycles. The van der Waals surface area contributed by atoms with Gasteiger partial charge in [-0.2, -0.15) is 0 Å². The zero-order valence-corrected chi connectivity index (χ0v) is 25.5. The molecule has 3 aliphatic heterocycles. The molecule has 0 unspecified atom stereocenters. The van der Waals surface area contributed by atoms with Gasteiger partial charge in [-0.3, -0.25) is 39.8 Å². The Balaban J connectivity index is 1.41. The molecule has 0 atom stereocenters. The molecular weight excluding hydrogens is 544 g/mol. The van der Waals surface area contributed by atoms with Crippen LogP contribution in [0.4, 0.5) is 0 Å². The molecule has 8 heteroatoms. The SMILES string of the molecule is C1=NCCN2CCN=Cc3cccc(c3)C=NCCN(CCN=Cc3cccc1c3)CCN=Cc1cccc(c1)C=NCC2. The van der Waals surface area contributed by atoms with Crippen LogP contribution < -0.4 is 0 Å². The zero-order valence-electron chi connectivity index (χ0n) is 25.5. The Hall–Kier alpha value is -4.40. The van der Waals surface area contributed by atoms with Gasteiger partial charge in [-0.1, -0.05) is 54.6 Å². The summed E-state index contributed by atoms with van der Waals surface area (Å²) in [7, 11) is 0. The quantitative estimate of drug-likeness (QED) is 0.395. The van der Waals surface area contributed by atoms with Crippen molar-refractivity contribution >= 4 is 37.3 Å². The maximum absolute atomic E-state index is 4.75. The summed E-state index contributed by atoms with van der Waals surface area (Å²) in [6.07, 6.45) is 11.8. The average molecular weight is 587 g/mol. The second-order valence-electron chi connectivity index (χ2n) is 10.9. The van der Waals surface area contributed by atoms with Crippen molar-refractivity contribution in [2.45, 2.75) is 0 Å². The van der Waals surface area contributed by atoms with Crippen LogP contribution in [0.1, 0.15) is 33.4 Å². The van der Waals surface area contributed by atoms with Crippen molar-refractivity contribution in [3.05, 3.63) is 106 Å². The van der Waals surface area contributed by atoms with E-state index in [0.29, 0.717) is 39.3 Å². The second-order valence-corrected chi connectivity index (χ2v) is 10.9. The van der Waals surface area contributed by atoms with Gasteiger partial charge in [-0.05, 0) is 51.6 Å². The van der Waals surface area contributed by atoms with Gasteiger partial charge in [0.05, 0.1) is 39.3 Å². The molecule has 3 aliphatic rings. The van der Waals surface area contributed by atoms with Crippen molar-refractivity contribution in [3.8, 4) is 0 Å². The Morgan fingerprint density at radius 1 is 0.318 bits per heavy atom. The van der Waals surface area contributed by atoms with E-state index in [4.69, 9.17) is 30.0 Å². The molecule has 0 amide bonds. The highest BCUT2D eigenvalue weighted by Crippen LogP contribution is 2.05. The van der Waals surface area contributed by atoms with E-state index in [1.54, 1.807) is 0 Å². The van der Waals surface area contributed by atoms with Gasteiger partial charge in [-0.15, -0.1) is 0 Å². The Morgan fingerprint density at radius 3 is 0.727 bits per heavy atom. The molecule has 0 radical (unpaired) electrons. The Bertz CT molecular complexity index is 1220. The molecule has 8 nitrogen and oxygen atoms in total. The minimum absolute atomic E-state index is 0.713. The molecule has 0 fully saturated rings. The molecule has 8 bridgehead atoms. The summed E-state index contributed by atoms with van der Waals surface area (Å²) < 4.78 is 0. The Labute approximate surface area is 261 Å². The van der Waals surface area contributed by atoms with E-state index in [0.717, 1.165) is 72.6 Å². The minimum Gasteiger partial charge on any atom is -0.298 e. The molecule has 226 valence electrons. The second kappa shape index (κ2) is 17.7. The average Bonchev–Trinajstić information content (AvgIpc) is 3.04. The van der Waals surface area contributed by atoms with Crippen molar-refractivity contribution in [3.63, 3.8) is 0 Å². The molecule has 0 aromatic heterocycles. The first kappa shape index (κ1) is 31.0. The fraction of sp³-hybridized carbons (Fsp3) is 0.333. The van der Waals surface area contributed by atoms with Crippen LogP contribution in [0, 0.1) is 0 Å². The summed E-state index contributed by atoms with van der Waals surface area (Å²) in [6, 6.07) is 25.1. The lowest BCUT2D eigenvalue weighted by atomic mass is 10.1. The minimum atomic E-state index is 0.713. The standard InChI is InChI=1S/C36H42N8/c1-4-31-22-32(5-1)26-38-11-17-44-19-13-40-28-34-7-2-6-33(23-34)27-39-12-18-43(16-10-37-25-31)20-14-41-29-35-8-3-9-36(24-35)30-42-15-21-44/h1-9,22-30H,10-21H2. The molecular formula is C36H42N8. The van der Waals surface area contributed by atoms with Gasteiger partial charge in [0.15, 0.2) is 0 Å². The molecule has 44 heavy (non-hydrogen) atoms. The van der Waals surface area contributed by atoms with Crippen molar-refractivity contribution in [1.82, 2.24) is 9.80 Å². The summed E-state index contributed by atoms with van der Waals surface area (Å²) >= 11 is 0. The molecule has 0 spiro atoms. The van der Waals surface area contributed by atoms with Crippen molar-refractivity contribution in [2.24, 2.45) is 30.0 Å². The van der Waals surface area contributed by atoms with Gasteiger partial charge in [0.1, 0.15) is 0 Å². The monoisotopic (exact) mass is 586 g/mol. The Kier molecular flexibility index (Phi) is 12.5. The van der Waals surface area contributed by atoms with Gasteiger partial charge in [0, 0.05) is 76.6 Å². The molecule has 0 N–H and O–H groups in total. The van der Waals surface area contributed by atoms with Gasteiger partial charge >= 0.3 is 0 Å². The number of hydrogen-bond acceptors (Lipinski definition) is 8. The predicted molar refractivity (Wildman–Crippen MR) is 187 cm³/mol. The fourth-order valence-electron chi connectivity index (χ4n) is 5.04. The maximum atomic E-state index is 4.75. The van der Waals surface area contributed by atoms with Crippen LogP contribution in [0.3, 0.4) is 0 Å². The van der Waals surface area contributed by atoms with E-state index in [1.807, 2.05) is 37.3 Å². The van der Waals surface area contributed by atoms with E-state index in [-0.39, 0.29) is 0 Å². The molecule has 3 aromatic rings. The summed E-state index contributed by atoms with van der Waals surface area (Å²) in [5.74, 6) is 0. The van der Waals surface area contributed by atoms with E-state index >= 15 is 0 Å². The van der Waals surface area contributed by atoms with Crippen molar-refractivity contribution < 1.29 is 0 Å². The number of benzene rings is 3. The predicted octanol–water partition coefficient (Wildman–Crippen LogP) is 4.23. The first-order valence-electron chi connectivity index (χ1n) is 15.5. The maximum Gasteiger partial charge on any atom is 0.0517 e. The third-order valence-electron chi connectivity index (χ3n) is 7.45. The molecule has 6 rings (SSSR count). The first-order chi connectivity index (χ1) is 21.8. The van der Waals surface area contributed by atoms with Crippen LogP contribution in [0.5, 0.6) is 0 Å². The number of rotatable bonds is 0. The van der Waals surface area contributed by atoms with E-state index in [2.05, 4.69) is 82.6 Å². The van der Waals surface area contributed by atoms with Crippen LogP contribution in [-0.2, 0) is 0 Å². The Morgan fingerprint density at radius 2 is 0.523 bits per heavy atom. The number of aliphatic imine (C=N–C) groups is 6. The van der Waals surface area contributed by atoms with Crippen LogP contribution in [0.2, 0.25) is 0 Å². The van der Waals surface area contributed by atoms with E-state index in [1.165, 1.54) is 0 Å². The van der Waals surface area contributed by atoms with Crippen LogP contribution >= 0.6 is 0 Å². The normalized spacial score (nSPS) is 20.5. The molecule has 0 saturated heterocycles. The van der Waals surface area contributed by atoms with Crippen molar-refractivity contribution in [1.29, 1.82) is 0 Å². The number of fused-ring (bicyclic) bond motifs is 12. The lowest BCUT2D eigenvalue weighted by Crippen LogP contribution is -2.31. The van der Waals surface area contributed by atoms with Gasteiger partial charge in [0.25, 0.3) is 0 Å². The molecule has 3 aromatic carbocycles. The fourth-order valence-corrected chi connectivity index (χ4v) is 5.04. The third kappa shape index (κ3) is 11.0. The summed E-state index contributed by atoms with van der Waals surface area (Å²) in [6.45, 7) is 9.34. The van der Waals surface area contributed by atoms with Crippen LogP contribution in [0.15, 0.2) is 103 Å². The molecule has 3 heterocycles. The first-order valence-corrected chi connectivity index (χ1v) is 15.5. The van der Waals surface area contributed by atoms with E-state index in [9.17, 15) is 0 Å². The summed E-state index contributed by atoms with van der Waals surface area (Å²) in [5.41, 5.74) is 6.50. The largest absolute Gasteiger partial charge is 0.298 e. The highest BCUT2D eigenvalue weighted by molar-refractivity contribution is 5.87. The van der Waals surface area contributed by atoms with Gasteiger partial charge in [0.2, 0.25) is 0 Å². The lowest BCUT2D eigenvalue weighted by Gasteiger charge is -2.19. The summed E-state index contributed by atoms with van der Waals surface area (Å²) in [4.78, 5) is 33.3.